The Kier molecular flexibility index (Phi) is 8.12. The van der Waals surface area contributed by atoms with E-state index in [9.17, 15) is 19.1 Å². The van der Waals surface area contributed by atoms with Crippen LogP contribution in [0.5, 0.6) is 5.75 Å². The normalized spacial score (nSPS) is 12.1. The van der Waals surface area contributed by atoms with Crippen LogP contribution in [-0.4, -0.2) is 36.2 Å². The van der Waals surface area contributed by atoms with Crippen LogP contribution in [0.1, 0.15) is 52.6 Å². The number of nitrogens with one attached hydrogen (secondary N) is 1. The molecule has 4 rings (SSSR count). The standard InChI is InChI=1S/C30H31FN2O5/c1-17(2)15-33-30(36)21-7-11-25(37-16-18(3)34)22(14-21)12-19-4-10-26-24(13-19)27(29(32)35)28(38-26)20-5-8-23(31)9-6-20/h4-11,13-14,17-18,34H,12,15-16H2,1-3H3,(H2,32,35)(H,33,36). The monoisotopic (exact) mass is 518 g/mol. The summed E-state index contributed by atoms with van der Waals surface area (Å²) in [6.45, 7) is 6.32. The van der Waals surface area contributed by atoms with Crippen molar-refractivity contribution in [2.24, 2.45) is 11.7 Å². The second-order valence-electron chi connectivity index (χ2n) is 9.77. The maximum absolute atomic E-state index is 13.4. The van der Waals surface area contributed by atoms with E-state index in [1.807, 2.05) is 26.0 Å². The number of carbonyl (C=O) groups is 2. The van der Waals surface area contributed by atoms with Crippen molar-refractivity contribution in [3.8, 4) is 17.1 Å². The molecule has 0 spiro atoms. The van der Waals surface area contributed by atoms with Gasteiger partial charge in [-0.3, -0.25) is 9.59 Å². The number of aliphatic hydroxyl groups excluding tert-OH is 1. The summed E-state index contributed by atoms with van der Waals surface area (Å²) in [6, 6.07) is 16.2. The Morgan fingerprint density at radius 3 is 2.45 bits per heavy atom. The quantitative estimate of drug-likeness (QED) is 0.271. The zero-order chi connectivity index (χ0) is 27.4. The van der Waals surface area contributed by atoms with Gasteiger partial charge in [-0.05, 0) is 78.6 Å². The molecule has 0 saturated carbocycles. The van der Waals surface area contributed by atoms with Crippen molar-refractivity contribution in [1.29, 1.82) is 0 Å². The van der Waals surface area contributed by atoms with Crippen LogP contribution < -0.4 is 15.8 Å². The highest BCUT2D eigenvalue weighted by Crippen LogP contribution is 2.35. The first-order valence-electron chi connectivity index (χ1n) is 12.5. The number of hydrogen-bond donors (Lipinski definition) is 3. The van der Waals surface area contributed by atoms with Gasteiger partial charge in [-0.1, -0.05) is 19.9 Å². The van der Waals surface area contributed by atoms with Crippen molar-refractivity contribution in [2.45, 2.75) is 33.3 Å². The smallest absolute Gasteiger partial charge is 0.253 e. The van der Waals surface area contributed by atoms with Crippen LogP contribution in [-0.2, 0) is 6.42 Å². The molecular formula is C30H31FN2O5. The molecule has 4 aromatic rings. The van der Waals surface area contributed by atoms with E-state index in [0.717, 1.165) is 11.1 Å². The second-order valence-corrected chi connectivity index (χ2v) is 9.77. The van der Waals surface area contributed by atoms with E-state index < -0.39 is 17.8 Å². The lowest BCUT2D eigenvalue weighted by Gasteiger charge is -2.15. The molecule has 0 bridgehead atoms. The van der Waals surface area contributed by atoms with Gasteiger partial charge in [0.2, 0.25) is 0 Å². The highest BCUT2D eigenvalue weighted by atomic mass is 19.1. The SMILES string of the molecule is CC(C)CNC(=O)c1ccc(OCC(C)O)c(Cc2ccc3oc(-c4ccc(F)cc4)c(C(N)=O)c3c2)c1. The molecule has 7 nitrogen and oxygen atoms in total. The summed E-state index contributed by atoms with van der Waals surface area (Å²) < 4.78 is 25.2. The predicted octanol–water partition coefficient (Wildman–Crippen LogP) is 5.07. The molecule has 38 heavy (non-hydrogen) atoms. The van der Waals surface area contributed by atoms with Gasteiger partial charge >= 0.3 is 0 Å². The molecule has 4 N–H and O–H groups in total. The number of furan rings is 1. The van der Waals surface area contributed by atoms with E-state index >= 15 is 0 Å². The van der Waals surface area contributed by atoms with Gasteiger partial charge < -0.3 is 25.3 Å². The largest absolute Gasteiger partial charge is 0.491 e. The van der Waals surface area contributed by atoms with Crippen molar-refractivity contribution in [3.05, 3.63) is 88.7 Å². The van der Waals surface area contributed by atoms with E-state index in [2.05, 4.69) is 5.32 Å². The Bertz CT molecular complexity index is 1460. The Hall–Kier alpha value is -4.17. The molecular weight excluding hydrogens is 487 g/mol. The van der Waals surface area contributed by atoms with Crippen LogP contribution in [0.15, 0.2) is 65.1 Å². The van der Waals surface area contributed by atoms with Crippen LogP contribution >= 0.6 is 0 Å². The number of carbonyl (C=O) groups excluding carboxylic acids is 2. The first-order chi connectivity index (χ1) is 18.1. The average Bonchev–Trinajstić information content (AvgIpc) is 3.26. The molecule has 1 atom stereocenters. The zero-order valence-corrected chi connectivity index (χ0v) is 21.6. The van der Waals surface area contributed by atoms with Gasteiger partial charge in [-0.25, -0.2) is 4.39 Å². The fourth-order valence-corrected chi connectivity index (χ4v) is 4.13. The van der Waals surface area contributed by atoms with Crippen LogP contribution in [0.25, 0.3) is 22.3 Å². The minimum absolute atomic E-state index is 0.0967. The molecule has 3 aromatic carbocycles. The predicted molar refractivity (Wildman–Crippen MR) is 144 cm³/mol. The number of aliphatic hydroxyl groups is 1. The fraction of sp³-hybridized carbons (Fsp3) is 0.267. The van der Waals surface area contributed by atoms with Crippen LogP contribution in [0.4, 0.5) is 4.39 Å². The molecule has 0 aliphatic carbocycles. The Labute approximate surface area is 220 Å². The Morgan fingerprint density at radius 2 is 1.79 bits per heavy atom. The topological polar surface area (TPSA) is 115 Å². The average molecular weight is 519 g/mol. The molecule has 1 unspecified atom stereocenters. The molecule has 2 amide bonds. The van der Waals surface area contributed by atoms with E-state index in [1.165, 1.54) is 24.3 Å². The molecule has 1 heterocycles. The molecule has 0 aliphatic rings. The number of nitrogens with two attached hydrogens (primary N) is 1. The van der Waals surface area contributed by atoms with Gasteiger partial charge in [0, 0.05) is 29.5 Å². The number of primary amides is 1. The Balaban J connectivity index is 1.72. The number of hydrogen-bond acceptors (Lipinski definition) is 5. The molecule has 0 saturated heterocycles. The van der Waals surface area contributed by atoms with Gasteiger partial charge in [0.25, 0.3) is 11.8 Å². The third-order valence-electron chi connectivity index (χ3n) is 5.97. The lowest BCUT2D eigenvalue weighted by molar-refractivity contribution is 0.0947. The summed E-state index contributed by atoms with van der Waals surface area (Å²) in [5.74, 6) is -0.123. The minimum Gasteiger partial charge on any atom is -0.491 e. The molecule has 0 radical (unpaired) electrons. The summed E-state index contributed by atoms with van der Waals surface area (Å²) in [5, 5.41) is 13.2. The fourth-order valence-electron chi connectivity index (χ4n) is 4.13. The molecule has 0 fully saturated rings. The number of amides is 2. The zero-order valence-electron chi connectivity index (χ0n) is 21.6. The van der Waals surface area contributed by atoms with Crippen molar-refractivity contribution < 1.29 is 28.2 Å². The van der Waals surface area contributed by atoms with Gasteiger partial charge in [-0.2, -0.15) is 0 Å². The lowest BCUT2D eigenvalue weighted by atomic mass is 9.98. The summed E-state index contributed by atoms with van der Waals surface area (Å²) in [7, 11) is 0. The van der Waals surface area contributed by atoms with E-state index in [1.54, 1.807) is 31.2 Å². The third kappa shape index (κ3) is 6.20. The van der Waals surface area contributed by atoms with E-state index in [-0.39, 0.29) is 23.8 Å². The molecule has 8 heteroatoms. The van der Waals surface area contributed by atoms with Crippen LogP contribution in [0.3, 0.4) is 0 Å². The number of fused-ring (bicyclic) bond motifs is 1. The number of halogens is 1. The van der Waals surface area contributed by atoms with Crippen molar-refractivity contribution in [3.63, 3.8) is 0 Å². The summed E-state index contributed by atoms with van der Waals surface area (Å²) in [6.07, 6.45) is -0.284. The van der Waals surface area contributed by atoms with Crippen molar-refractivity contribution in [1.82, 2.24) is 5.32 Å². The van der Waals surface area contributed by atoms with Gasteiger partial charge in [0.15, 0.2) is 0 Å². The Morgan fingerprint density at radius 1 is 1.05 bits per heavy atom. The van der Waals surface area contributed by atoms with Crippen molar-refractivity contribution in [2.75, 3.05) is 13.2 Å². The maximum Gasteiger partial charge on any atom is 0.253 e. The highest BCUT2D eigenvalue weighted by Gasteiger charge is 2.21. The van der Waals surface area contributed by atoms with E-state index in [0.29, 0.717) is 46.7 Å². The summed E-state index contributed by atoms with van der Waals surface area (Å²) in [4.78, 5) is 25.1. The van der Waals surface area contributed by atoms with Crippen LogP contribution in [0, 0.1) is 11.7 Å². The number of ether oxygens (including phenoxy) is 1. The third-order valence-corrected chi connectivity index (χ3v) is 5.97. The highest BCUT2D eigenvalue weighted by molar-refractivity contribution is 6.10. The summed E-state index contributed by atoms with van der Waals surface area (Å²) >= 11 is 0. The first-order valence-corrected chi connectivity index (χ1v) is 12.5. The molecule has 198 valence electrons. The number of benzene rings is 3. The first kappa shape index (κ1) is 26.9. The van der Waals surface area contributed by atoms with Gasteiger partial charge in [0.05, 0.1) is 11.7 Å². The second kappa shape index (κ2) is 11.5. The van der Waals surface area contributed by atoms with E-state index in [4.69, 9.17) is 14.9 Å². The van der Waals surface area contributed by atoms with Gasteiger partial charge in [0.1, 0.15) is 29.5 Å². The van der Waals surface area contributed by atoms with Crippen LogP contribution in [0.2, 0.25) is 0 Å². The number of rotatable bonds is 10. The maximum atomic E-state index is 13.4. The lowest BCUT2D eigenvalue weighted by Crippen LogP contribution is -2.27. The molecule has 0 aliphatic heterocycles. The molecule has 1 aromatic heterocycles. The van der Waals surface area contributed by atoms with Gasteiger partial charge in [-0.15, -0.1) is 0 Å². The summed E-state index contributed by atoms with van der Waals surface area (Å²) in [5.41, 5.74) is 9.00. The minimum atomic E-state index is -0.665. The van der Waals surface area contributed by atoms with Crippen molar-refractivity contribution >= 4 is 22.8 Å².